The van der Waals surface area contributed by atoms with Gasteiger partial charge in [-0.05, 0) is 20.0 Å². The number of aryl methyl sites for hydroxylation is 1. The fourth-order valence-corrected chi connectivity index (χ4v) is 3.02. The third kappa shape index (κ3) is 2.58. The fraction of sp³-hybridized carbons (Fsp3) is 0.769. The van der Waals surface area contributed by atoms with Crippen LogP contribution in [0.1, 0.15) is 18.5 Å². The molecule has 5 heteroatoms. The highest BCUT2D eigenvalue weighted by atomic mass is 15.3. The molecule has 0 saturated carbocycles. The number of likely N-dealkylation sites (N-methyl/N-ethyl adjacent to an activating group) is 1. The first kappa shape index (κ1) is 13.5. The first-order valence-corrected chi connectivity index (χ1v) is 6.62. The minimum Gasteiger partial charge on any atom is -0.329 e. The Morgan fingerprint density at radius 2 is 2.22 bits per heavy atom. The van der Waals surface area contributed by atoms with E-state index in [0.717, 1.165) is 13.1 Å². The van der Waals surface area contributed by atoms with Crippen LogP contribution in [0.15, 0.2) is 12.4 Å². The van der Waals surface area contributed by atoms with E-state index in [1.807, 2.05) is 17.9 Å². The van der Waals surface area contributed by atoms with E-state index in [-0.39, 0.29) is 0 Å². The molecule has 2 rings (SSSR count). The summed E-state index contributed by atoms with van der Waals surface area (Å²) in [5.74, 6) is 0.686. The highest BCUT2D eigenvalue weighted by Gasteiger charge is 2.35. The molecule has 0 aliphatic carbocycles. The number of likely N-dealkylation sites (tertiary alicyclic amines) is 1. The molecule has 1 fully saturated rings. The molecule has 5 nitrogen and oxygen atoms in total. The van der Waals surface area contributed by atoms with E-state index >= 15 is 0 Å². The zero-order valence-electron chi connectivity index (χ0n) is 11.9. The molecule has 18 heavy (non-hydrogen) atoms. The van der Waals surface area contributed by atoms with E-state index in [4.69, 9.17) is 5.73 Å². The summed E-state index contributed by atoms with van der Waals surface area (Å²) >= 11 is 0. The topological polar surface area (TPSA) is 50.3 Å². The van der Waals surface area contributed by atoms with Crippen LogP contribution < -0.4 is 5.73 Å². The van der Waals surface area contributed by atoms with Crippen molar-refractivity contribution in [3.05, 3.63) is 18.0 Å². The fourth-order valence-electron chi connectivity index (χ4n) is 3.02. The number of hydrogen-bond donors (Lipinski definition) is 1. The van der Waals surface area contributed by atoms with Gasteiger partial charge in [-0.3, -0.25) is 9.58 Å². The predicted octanol–water partition coefficient (Wildman–Crippen LogP) is 0.302. The van der Waals surface area contributed by atoms with Crippen LogP contribution >= 0.6 is 0 Å². The Kier molecular flexibility index (Phi) is 4.04. The second-order valence-corrected chi connectivity index (χ2v) is 5.66. The van der Waals surface area contributed by atoms with Crippen LogP contribution in [0.2, 0.25) is 0 Å². The van der Waals surface area contributed by atoms with E-state index in [1.54, 1.807) is 0 Å². The summed E-state index contributed by atoms with van der Waals surface area (Å²) in [5, 5.41) is 4.25. The van der Waals surface area contributed by atoms with Gasteiger partial charge in [-0.2, -0.15) is 5.10 Å². The Balaban J connectivity index is 2.11. The average molecular weight is 251 g/mol. The van der Waals surface area contributed by atoms with Crippen molar-refractivity contribution in [2.45, 2.75) is 19.0 Å². The maximum Gasteiger partial charge on any atom is 0.0538 e. The molecule has 1 aromatic heterocycles. The van der Waals surface area contributed by atoms with Crippen LogP contribution in [0.3, 0.4) is 0 Å². The molecule has 3 unspecified atom stereocenters. The van der Waals surface area contributed by atoms with Gasteiger partial charge in [0.05, 0.1) is 12.2 Å². The molecule has 0 aromatic carbocycles. The van der Waals surface area contributed by atoms with Gasteiger partial charge in [-0.15, -0.1) is 0 Å². The van der Waals surface area contributed by atoms with E-state index < -0.39 is 0 Å². The smallest absolute Gasteiger partial charge is 0.0538 e. The molecule has 3 atom stereocenters. The molecule has 0 radical (unpaired) electrons. The van der Waals surface area contributed by atoms with Crippen LogP contribution in [0.4, 0.5) is 0 Å². The van der Waals surface area contributed by atoms with Crippen LogP contribution in [-0.2, 0) is 7.05 Å². The number of rotatable bonds is 4. The molecule has 1 saturated heterocycles. The minimum atomic E-state index is 0.297. The molecule has 2 heterocycles. The van der Waals surface area contributed by atoms with Crippen molar-refractivity contribution in [3.8, 4) is 0 Å². The molecule has 102 valence electrons. The van der Waals surface area contributed by atoms with E-state index in [9.17, 15) is 0 Å². The van der Waals surface area contributed by atoms with Gasteiger partial charge in [-0.1, -0.05) is 6.92 Å². The number of aromatic nitrogens is 2. The molecule has 0 bridgehead atoms. The van der Waals surface area contributed by atoms with Crippen molar-refractivity contribution in [1.29, 1.82) is 0 Å². The van der Waals surface area contributed by atoms with Gasteiger partial charge in [0.15, 0.2) is 0 Å². The lowest BCUT2D eigenvalue weighted by atomic mass is 10.1. The summed E-state index contributed by atoms with van der Waals surface area (Å²) in [5.41, 5.74) is 7.20. The van der Waals surface area contributed by atoms with Gasteiger partial charge in [-0.25, -0.2) is 0 Å². The van der Waals surface area contributed by atoms with Gasteiger partial charge in [0.1, 0.15) is 0 Å². The van der Waals surface area contributed by atoms with Crippen molar-refractivity contribution in [3.63, 3.8) is 0 Å². The normalized spacial score (nSPS) is 27.0. The maximum absolute atomic E-state index is 5.97. The summed E-state index contributed by atoms with van der Waals surface area (Å²) in [4.78, 5) is 4.81. The van der Waals surface area contributed by atoms with E-state index in [2.05, 4.69) is 42.1 Å². The van der Waals surface area contributed by atoms with Crippen molar-refractivity contribution in [2.24, 2.45) is 18.7 Å². The summed E-state index contributed by atoms with van der Waals surface area (Å²) in [6.45, 7) is 5.17. The third-order valence-electron chi connectivity index (χ3n) is 4.04. The second-order valence-electron chi connectivity index (χ2n) is 5.66. The van der Waals surface area contributed by atoms with Crippen molar-refractivity contribution in [1.82, 2.24) is 19.6 Å². The highest BCUT2D eigenvalue weighted by molar-refractivity contribution is 5.12. The lowest BCUT2D eigenvalue weighted by Crippen LogP contribution is -2.36. The molecular formula is C13H25N5. The maximum atomic E-state index is 5.97. The third-order valence-corrected chi connectivity index (χ3v) is 4.04. The van der Waals surface area contributed by atoms with Crippen LogP contribution in [-0.4, -0.2) is 59.4 Å². The molecular weight excluding hydrogens is 226 g/mol. The summed E-state index contributed by atoms with van der Waals surface area (Å²) < 4.78 is 1.85. The zero-order chi connectivity index (χ0) is 13.3. The molecule has 2 N–H and O–H groups in total. The number of hydrogen-bond acceptors (Lipinski definition) is 4. The van der Waals surface area contributed by atoms with Crippen molar-refractivity contribution < 1.29 is 0 Å². The molecule has 1 aliphatic heterocycles. The van der Waals surface area contributed by atoms with Crippen LogP contribution in [0, 0.1) is 5.92 Å². The largest absolute Gasteiger partial charge is 0.329 e. The lowest BCUT2D eigenvalue weighted by molar-refractivity contribution is 0.219. The van der Waals surface area contributed by atoms with Gasteiger partial charge >= 0.3 is 0 Å². The molecule has 0 spiro atoms. The Labute approximate surface area is 110 Å². The lowest BCUT2D eigenvalue weighted by Gasteiger charge is -2.27. The Hall–Kier alpha value is -0.910. The number of nitrogens with zero attached hydrogens (tertiary/aromatic N) is 4. The predicted molar refractivity (Wildman–Crippen MR) is 73.2 cm³/mol. The Bertz CT molecular complexity index is 386. The van der Waals surface area contributed by atoms with Gasteiger partial charge in [0, 0.05) is 44.5 Å². The van der Waals surface area contributed by atoms with Crippen molar-refractivity contribution in [2.75, 3.05) is 33.7 Å². The zero-order valence-corrected chi connectivity index (χ0v) is 11.9. The monoisotopic (exact) mass is 251 g/mol. The van der Waals surface area contributed by atoms with Gasteiger partial charge in [0.2, 0.25) is 0 Å². The Morgan fingerprint density at radius 3 is 2.67 bits per heavy atom. The standard InChI is InChI=1S/C13H25N5/c1-10-7-18(9-13(10)16(2)3)12(5-14)11-6-15-17(4)8-11/h6,8,10,12-13H,5,7,9,14H2,1-4H3. The van der Waals surface area contributed by atoms with Crippen LogP contribution in [0.25, 0.3) is 0 Å². The Morgan fingerprint density at radius 1 is 1.50 bits per heavy atom. The van der Waals surface area contributed by atoms with Gasteiger partial charge < -0.3 is 10.6 Å². The second kappa shape index (κ2) is 5.38. The first-order valence-electron chi connectivity index (χ1n) is 6.62. The minimum absolute atomic E-state index is 0.297. The highest BCUT2D eigenvalue weighted by Crippen LogP contribution is 2.28. The summed E-state index contributed by atoms with van der Waals surface area (Å²) in [6.07, 6.45) is 4.01. The van der Waals surface area contributed by atoms with E-state index in [0.29, 0.717) is 24.5 Å². The van der Waals surface area contributed by atoms with E-state index in [1.165, 1.54) is 5.56 Å². The summed E-state index contributed by atoms with van der Waals surface area (Å²) in [6, 6.07) is 0.918. The van der Waals surface area contributed by atoms with Crippen LogP contribution in [0.5, 0.6) is 0 Å². The number of nitrogens with two attached hydrogens (primary N) is 1. The summed E-state index contributed by atoms with van der Waals surface area (Å²) in [7, 11) is 6.27. The molecule has 1 aromatic rings. The quantitative estimate of drug-likeness (QED) is 0.836. The SMILES string of the molecule is CC1CN(C(CN)c2cnn(C)c2)CC1N(C)C. The molecule has 0 amide bonds. The van der Waals surface area contributed by atoms with Gasteiger partial charge in [0.25, 0.3) is 0 Å². The molecule has 1 aliphatic rings. The average Bonchev–Trinajstić information content (AvgIpc) is 2.87. The van der Waals surface area contributed by atoms with Crippen molar-refractivity contribution >= 4 is 0 Å². The first-order chi connectivity index (χ1) is 8.52.